The smallest absolute Gasteiger partial charge is 0.264 e. The van der Waals surface area contributed by atoms with Gasteiger partial charge in [0, 0.05) is 22.9 Å². The van der Waals surface area contributed by atoms with Crippen molar-refractivity contribution in [3.05, 3.63) is 84.2 Å². The third kappa shape index (κ3) is 7.65. The summed E-state index contributed by atoms with van der Waals surface area (Å²) >= 11 is 3.00. The Kier molecular flexibility index (Phi) is 10.5. The molecule has 0 atom stereocenters. The summed E-state index contributed by atoms with van der Waals surface area (Å²) < 4.78 is 47.3. The highest BCUT2D eigenvalue weighted by Crippen LogP contribution is 2.27. The Labute approximate surface area is 220 Å². The number of thioether (sulfide) groups is 2. The number of anilines is 1. The third-order valence-corrected chi connectivity index (χ3v) is 8.69. The maximum atomic E-state index is 13.7. The predicted octanol–water partition coefficient (Wildman–Crippen LogP) is 5.19. The van der Waals surface area contributed by atoms with Gasteiger partial charge in [-0.3, -0.25) is 9.10 Å². The lowest BCUT2D eigenvalue weighted by molar-refractivity contribution is -0.119. The predicted molar refractivity (Wildman–Crippen MR) is 146 cm³/mol. The second kappa shape index (κ2) is 13.6. The Morgan fingerprint density at radius 3 is 2.36 bits per heavy atom. The van der Waals surface area contributed by atoms with Gasteiger partial charge in [-0.2, -0.15) is 11.8 Å². The molecule has 0 heterocycles. The average molecular weight is 549 g/mol. The van der Waals surface area contributed by atoms with E-state index in [4.69, 9.17) is 4.74 Å². The van der Waals surface area contributed by atoms with Crippen LogP contribution in [0.25, 0.3) is 0 Å². The molecule has 1 N–H and O–H groups in total. The molecule has 0 fully saturated rings. The summed E-state index contributed by atoms with van der Waals surface area (Å²) in [6, 6.07) is 19.7. The minimum atomic E-state index is -4.00. The van der Waals surface area contributed by atoms with Crippen LogP contribution in [-0.4, -0.2) is 46.0 Å². The van der Waals surface area contributed by atoms with Crippen LogP contribution >= 0.6 is 23.5 Å². The van der Waals surface area contributed by atoms with E-state index >= 15 is 0 Å². The Bertz CT molecular complexity index is 1240. The van der Waals surface area contributed by atoms with Gasteiger partial charge in [0.25, 0.3) is 10.0 Å². The van der Waals surface area contributed by atoms with Gasteiger partial charge in [0.15, 0.2) is 0 Å². The molecule has 3 aromatic rings. The van der Waals surface area contributed by atoms with Crippen molar-refractivity contribution in [2.24, 2.45) is 0 Å². The standard InChI is InChI=1S/C26H29FN2O4S3/c1-3-33-22-10-8-21(9-11-22)29(36(31,32)24-14-12-23(34-2)13-15-24)18-26(30)28-16-17-35-19-20-6-4-5-7-25(20)27/h4-15H,3,16-19H2,1-2H3,(H,28,30). The van der Waals surface area contributed by atoms with Gasteiger partial charge in [-0.15, -0.1) is 11.8 Å². The van der Waals surface area contributed by atoms with Crippen LogP contribution in [0, 0.1) is 5.82 Å². The summed E-state index contributed by atoms with van der Waals surface area (Å²) in [5.74, 6) is 0.975. The number of sulfonamides is 1. The van der Waals surface area contributed by atoms with Gasteiger partial charge < -0.3 is 10.1 Å². The monoisotopic (exact) mass is 548 g/mol. The molecule has 0 saturated heterocycles. The van der Waals surface area contributed by atoms with E-state index in [9.17, 15) is 17.6 Å². The number of hydrogen-bond acceptors (Lipinski definition) is 6. The van der Waals surface area contributed by atoms with Crippen LogP contribution < -0.4 is 14.4 Å². The molecule has 192 valence electrons. The maximum Gasteiger partial charge on any atom is 0.264 e. The van der Waals surface area contributed by atoms with Crippen LogP contribution in [0.15, 0.2) is 82.6 Å². The number of nitrogens with one attached hydrogen (secondary N) is 1. The van der Waals surface area contributed by atoms with E-state index in [0.717, 1.165) is 9.20 Å². The fourth-order valence-corrected chi connectivity index (χ4v) is 5.99. The molecule has 0 radical (unpaired) electrons. The largest absolute Gasteiger partial charge is 0.494 e. The van der Waals surface area contributed by atoms with Gasteiger partial charge in [0.2, 0.25) is 5.91 Å². The lowest BCUT2D eigenvalue weighted by Gasteiger charge is -2.24. The number of carbonyl (C=O) groups is 1. The van der Waals surface area contributed by atoms with Crippen LogP contribution in [0.1, 0.15) is 12.5 Å². The summed E-state index contributed by atoms with van der Waals surface area (Å²) in [5.41, 5.74) is 0.963. The fraction of sp³-hybridized carbons (Fsp3) is 0.269. The Balaban J connectivity index is 1.68. The Morgan fingerprint density at radius 2 is 1.72 bits per heavy atom. The van der Waals surface area contributed by atoms with E-state index < -0.39 is 15.9 Å². The number of rotatable bonds is 13. The number of benzene rings is 3. The van der Waals surface area contributed by atoms with Crippen molar-refractivity contribution in [1.82, 2.24) is 5.32 Å². The first-order valence-electron chi connectivity index (χ1n) is 11.3. The van der Waals surface area contributed by atoms with Gasteiger partial charge in [0.05, 0.1) is 17.2 Å². The van der Waals surface area contributed by atoms with Crippen LogP contribution in [0.4, 0.5) is 10.1 Å². The normalized spacial score (nSPS) is 11.2. The second-order valence-corrected chi connectivity index (χ2v) is 11.5. The number of halogens is 1. The molecule has 3 rings (SSSR count). The van der Waals surface area contributed by atoms with Crippen LogP contribution in [0.5, 0.6) is 5.75 Å². The molecular weight excluding hydrogens is 519 g/mol. The van der Waals surface area contributed by atoms with E-state index in [1.165, 1.54) is 29.6 Å². The Hall–Kier alpha value is -2.69. The molecule has 0 unspecified atom stereocenters. The third-order valence-electron chi connectivity index (χ3n) is 5.15. The minimum Gasteiger partial charge on any atom is -0.494 e. The van der Waals surface area contributed by atoms with Crippen LogP contribution in [0.3, 0.4) is 0 Å². The highest BCUT2D eigenvalue weighted by molar-refractivity contribution is 7.98. The average Bonchev–Trinajstić information content (AvgIpc) is 2.89. The van der Waals surface area contributed by atoms with Crippen molar-refractivity contribution in [2.45, 2.75) is 22.5 Å². The number of nitrogens with zero attached hydrogens (tertiary/aromatic N) is 1. The van der Waals surface area contributed by atoms with Crippen molar-refractivity contribution >= 4 is 45.1 Å². The fourth-order valence-electron chi connectivity index (χ4n) is 3.31. The SMILES string of the molecule is CCOc1ccc(N(CC(=O)NCCSCc2ccccc2F)S(=O)(=O)c2ccc(SC)cc2)cc1. The molecular formula is C26H29FN2O4S3. The lowest BCUT2D eigenvalue weighted by atomic mass is 10.2. The quantitative estimate of drug-likeness (QED) is 0.234. The van der Waals surface area contributed by atoms with Crippen molar-refractivity contribution in [3.8, 4) is 5.75 Å². The molecule has 36 heavy (non-hydrogen) atoms. The molecule has 0 aliphatic heterocycles. The summed E-state index contributed by atoms with van der Waals surface area (Å²) in [7, 11) is -4.00. The molecule has 1 amide bonds. The van der Waals surface area contributed by atoms with Gasteiger partial charge in [-0.05, 0) is 73.3 Å². The van der Waals surface area contributed by atoms with Gasteiger partial charge in [0.1, 0.15) is 18.1 Å². The van der Waals surface area contributed by atoms with Crippen LogP contribution in [-0.2, 0) is 20.6 Å². The minimum absolute atomic E-state index is 0.0995. The summed E-state index contributed by atoms with van der Waals surface area (Å²) in [4.78, 5) is 13.8. The van der Waals surface area contributed by atoms with Gasteiger partial charge in [-0.1, -0.05) is 18.2 Å². The number of carbonyl (C=O) groups excluding carboxylic acids is 1. The zero-order valence-corrected chi connectivity index (χ0v) is 22.6. The molecule has 0 saturated carbocycles. The molecule has 0 spiro atoms. The number of amides is 1. The first kappa shape index (κ1) is 27.9. The van der Waals surface area contributed by atoms with Crippen molar-refractivity contribution in [1.29, 1.82) is 0 Å². The molecule has 0 bridgehead atoms. The lowest BCUT2D eigenvalue weighted by Crippen LogP contribution is -2.41. The zero-order valence-electron chi connectivity index (χ0n) is 20.1. The van der Waals surface area contributed by atoms with E-state index in [1.54, 1.807) is 66.7 Å². The number of ether oxygens (including phenoxy) is 1. The topological polar surface area (TPSA) is 75.7 Å². The summed E-state index contributed by atoms with van der Waals surface area (Å²) in [6.07, 6.45) is 1.91. The number of hydrogen-bond donors (Lipinski definition) is 1. The van der Waals surface area contributed by atoms with Crippen molar-refractivity contribution in [2.75, 3.05) is 36.0 Å². The first-order chi connectivity index (χ1) is 17.3. The second-order valence-electron chi connectivity index (χ2n) is 7.61. The molecule has 0 aliphatic carbocycles. The summed E-state index contributed by atoms with van der Waals surface area (Å²) in [5, 5.41) is 2.77. The van der Waals surface area contributed by atoms with Crippen molar-refractivity contribution < 1.29 is 22.3 Å². The molecule has 10 heteroatoms. The molecule has 6 nitrogen and oxygen atoms in total. The van der Waals surface area contributed by atoms with E-state index in [2.05, 4.69) is 5.32 Å². The molecule has 0 aromatic heterocycles. The van der Waals surface area contributed by atoms with Gasteiger partial charge >= 0.3 is 0 Å². The summed E-state index contributed by atoms with van der Waals surface area (Å²) in [6.45, 7) is 2.30. The van der Waals surface area contributed by atoms with E-state index in [0.29, 0.717) is 41.7 Å². The van der Waals surface area contributed by atoms with E-state index in [1.807, 2.05) is 13.2 Å². The molecule has 3 aromatic carbocycles. The van der Waals surface area contributed by atoms with Gasteiger partial charge in [-0.25, -0.2) is 12.8 Å². The molecule has 0 aliphatic rings. The van der Waals surface area contributed by atoms with Crippen LogP contribution in [0.2, 0.25) is 0 Å². The first-order valence-corrected chi connectivity index (χ1v) is 15.1. The zero-order chi connectivity index (χ0) is 26.0. The highest BCUT2D eigenvalue weighted by Gasteiger charge is 2.27. The maximum absolute atomic E-state index is 13.7. The van der Waals surface area contributed by atoms with E-state index in [-0.39, 0.29) is 17.3 Å². The Morgan fingerprint density at radius 1 is 1.03 bits per heavy atom. The van der Waals surface area contributed by atoms with Crippen molar-refractivity contribution in [3.63, 3.8) is 0 Å². The highest BCUT2D eigenvalue weighted by atomic mass is 32.2.